The van der Waals surface area contributed by atoms with Gasteiger partial charge in [0.2, 0.25) is 5.91 Å². The molecule has 3 aromatic carbocycles. The van der Waals surface area contributed by atoms with Gasteiger partial charge in [-0.05, 0) is 80.9 Å². The highest BCUT2D eigenvalue weighted by atomic mass is 32.1. The summed E-state index contributed by atoms with van der Waals surface area (Å²) in [5, 5.41) is 12.5. The monoisotopic (exact) mass is 762 g/mol. The van der Waals surface area contributed by atoms with Gasteiger partial charge >= 0.3 is 0 Å². The van der Waals surface area contributed by atoms with Crippen molar-refractivity contribution in [1.29, 1.82) is 5.26 Å². The van der Waals surface area contributed by atoms with Crippen LogP contribution in [0.25, 0.3) is 0 Å². The van der Waals surface area contributed by atoms with Crippen LogP contribution in [0.3, 0.4) is 0 Å². The van der Waals surface area contributed by atoms with E-state index in [9.17, 15) is 10.1 Å². The molecular formula is C40H51N4O7PS. The molecule has 5 rings (SSSR count). The summed E-state index contributed by atoms with van der Waals surface area (Å²) in [6.07, 6.45) is -0.846. The Balaban J connectivity index is 1.57. The van der Waals surface area contributed by atoms with E-state index in [0.717, 1.165) is 28.2 Å². The first kappa shape index (κ1) is 40.5. The molecule has 2 heterocycles. The van der Waals surface area contributed by atoms with E-state index in [1.807, 2.05) is 78.6 Å². The lowest BCUT2D eigenvalue weighted by Crippen LogP contribution is -2.57. The van der Waals surface area contributed by atoms with Crippen LogP contribution in [0.1, 0.15) is 64.2 Å². The van der Waals surface area contributed by atoms with Crippen molar-refractivity contribution in [3.8, 4) is 17.6 Å². The van der Waals surface area contributed by atoms with E-state index < -0.39 is 32.6 Å². The van der Waals surface area contributed by atoms with Crippen LogP contribution in [0.5, 0.6) is 11.5 Å². The van der Waals surface area contributed by atoms with Crippen molar-refractivity contribution in [2.24, 2.45) is 5.92 Å². The Labute approximate surface area is 320 Å². The number of carbonyl (C=O) groups excluding carboxylic acids is 1. The van der Waals surface area contributed by atoms with Gasteiger partial charge in [0.25, 0.3) is 8.53 Å². The molecule has 1 amide bonds. The third-order valence-electron chi connectivity index (χ3n) is 9.46. The predicted molar refractivity (Wildman–Crippen MR) is 208 cm³/mol. The van der Waals surface area contributed by atoms with Crippen LogP contribution >= 0.6 is 20.7 Å². The van der Waals surface area contributed by atoms with Crippen molar-refractivity contribution in [3.05, 3.63) is 95.6 Å². The third kappa shape index (κ3) is 9.35. The lowest BCUT2D eigenvalue weighted by molar-refractivity contribution is -0.128. The summed E-state index contributed by atoms with van der Waals surface area (Å²) in [6, 6.07) is 28.3. The van der Waals surface area contributed by atoms with E-state index in [0.29, 0.717) is 18.1 Å². The van der Waals surface area contributed by atoms with Crippen molar-refractivity contribution >= 4 is 31.8 Å². The Hall–Kier alpha value is -3.66. The highest BCUT2D eigenvalue weighted by Crippen LogP contribution is 2.50. The number of nitrogens with zero attached hydrogens (tertiary/aromatic N) is 3. The van der Waals surface area contributed by atoms with Crippen LogP contribution in [0.15, 0.2) is 78.9 Å². The fourth-order valence-corrected chi connectivity index (χ4v) is 8.91. The van der Waals surface area contributed by atoms with Crippen LogP contribution in [-0.2, 0) is 28.9 Å². The van der Waals surface area contributed by atoms with Crippen LogP contribution in [0.4, 0.5) is 0 Å². The minimum Gasteiger partial charge on any atom is -0.497 e. The van der Waals surface area contributed by atoms with Crippen LogP contribution in [0, 0.1) is 17.2 Å². The van der Waals surface area contributed by atoms with Gasteiger partial charge in [-0.2, -0.15) is 5.26 Å². The second kappa shape index (κ2) is 18.6. The molecule has 284 valence electrons. The smallest absolute Gasteiger partial charge is 0.259 e. The number of rotatable bonds is 17. The molecule has 2 unspecified atom stereocenters. The van der Waals surface area contributed by atoms with Crippen molar-refractivity contribution in [2.45, 2.75) is 83.6 Å². The van der Waals surface area contributed by atoms with Crippen LogP contribution in [0.2, 0.25) is 0 Å². The number of hydrogen-bond acceptors (Lipinski definition) is 10. The zero-order chi connectivity index (χ0) is 38.1. The average molecular weight is 763 g/mol. The van der Waals surface area contributed by atoms with E-state index >= 15 is 0 Å². The zero-order valence-electron chi connectivity index (χ0n) is 31.6. The number of hydrogen-bond donors (Lipinski definition) is 1. The van der Waals surface area contributed by atoms with E-state index in [-0.39, 0.29) is 43.5 Å². The molecule has 0 saturated carbocycles. The Bertz CT molecular complexity index is 1630. The summed E-state index contributed by atoms with van der Waals surface area (Å²) in [4.78, 5) is 14.4. The minimum atomic E-state index is -1.60. The quantitative estimate of drug-likeness (QED) is 0.0655. The van der Waals surface area contributed by atoms with Gasteiger partial charge < -0.3 is 38.2 Å². The van der Waals surface area contributed by atoms with Crippen molar-refractivity contribution in [3.63, 3.8) is 0 Å². The number of methoxy groups -OCH3 is 2. The molecule has 5 atom stereocenters. The van der Waals surface area contributed by atoms with E-state index in [1.165, 1.54) is 0 Å². The Morgan fingerprint density at radius 2 is 1.53 bits per heavy atom. The molecule has 1 N–H and O–H groups in total. The maximum absolute atomic E-state index is 12.5. The van der Waals surface area contributed by atoms with Gasteiger partial charge in [-0.3, -0.25) is 4.79 Å². The molecule has 0 spiro atoms. The highest BCUT2D eigenvalue weighted by Gasteiger charge is 2.47. The summed E-state index contributed by atoms with van der Waals surface area (Å²) >= 11 is 5.66. The maximum atomic E-state index is 12.5. The first-order valence-electron chi connectivity index (χ1n) is 18.0. The molecule has 11 nitrogen and oxygen atoms in total. The largest absolute Gasteiger partial charge is 0.497 e. The summed E-state index contributed by atoms with van der Waals surface area (Å²) in [5.74, 6) is 1.07. The predicted octanol–water partition coefficient (Wildman–Crippen LogP) is 7.14. The summed E-state index contributed by atoms with van der Waals surface area (Å²) in [5.41, 5.74) is 1.63. The zero-order valence-corrected chi connectivity index (χ0v) is 33.3. The van der Waals surface area contributed by atoms with E-state index in [2.05, 4.69) is 55.9 Å². The number of thiocarbonyl (C=S) groups is 1. The van der Waals surface area contributed by atoms with Crippen LogP contribution in [-0.4, -0.2) is 85.1 Å². The Morgan fingerprint density at radius 3 is 2.06 bits per heavy atom. The molecule has 0 aliphatic carbocycles. The Morgan fingerprint density at radius 1 is 0.962 bits per heavy atom. The number of nitriles is 1. The van der Waals surface area contributed by atoms with Gasteiger partial charge in [-0.15, -0.1) is 0 Å². The average Bonchev–Trinajstić information content (AvgIpc) is 3.56. The standard InChI is InChI=1S/C40H51N4O7PS/c1-27(2)44(28(3)4)52(49-23-11-22-41)51-35-24-37(43-25-29(5)38(45)42-39(43)53)50-36(35)26-48-40(30-12-9-8-10-13-30,31-14-18-33(46-6)19-15-31)32-16-20-34(47-7)21-17-32/h8-10,12-21,27-29,35-37H,11,23-26H2,1-7H3,(H,42,45,53)/t29?,35-,36+,37+,52?/m0/s1. The molecule has 13 heteroatoms. The fourth-order valence-electron chi connectivity index (χ4n) is 6.85. The highest BCUT2D eigenvalue weighted by molar-refractivity contribution is 7.80. The topological polar surface area (TPSA) is 115 Å². The molecule has 53 heavy (non-hydrogen) atoms. The molecule has 0 bridgehead atoms. The molecule has 0 aromatic heterocycles. The summed E-state index contributed by atoms with van der Waals surface area (Å²) in [7, 11) is 1.69. The van der Waals surface area contributed by atoms with Gasteiger partial charge in [0.05, 0.1) is 51.9 Å². The first-order chi connectivity index (χ1) is 25.5. The van der Waals surface area contributed by atoms with Gasteiger partial charge in [-0.1, -0.05) is 61.5 Å². The second-order valence-corrected chi connectivity index (χ2v) is 15.5. The Kier molecular flexibility index (Phi) is 14.2. The number of ether oxygens (including phenoxy) is 4. The maximum Gasteiger partial charge on any atom is 0.259 e. The molecule has 3 aromatic rings. The second-order valence-electron chi connectivity index (χ2n) is 13.7. The number of carbonyl (C=O) groups is 1. The lowest BCUT2D eigenvalue weighted by Gasteiger charge is -2.39. The van der Waals surface area contributed by atoms with Crippen molar-refractivity contribution in [2.75, 3.05) is 34.0 Å². The molecule has 2 aliphatic rings. The SMILES string of the molecule is COc1ccc(C(OC[C@H]2O[C@@H](N3CC(C)C(=O)NC3=S)C[C@@H]2OP(OCCC#N)N(C(C)C)C(C)C)(c2ccccc2)c2ccc(OC)cc2)cc1. The molecule has 2 aliphatic heterocycles. The fraction of sp³-hybridized carbons (Fsp3) is 0.475. The number of nitrogens with one attached hydrogen (secondary N) is 1. The van der Waals surface area contributed by atoms with Gasteiger partial charge in [0.15, 0.2) is 5.11 Å². The number of amides is 1. The summed E-state index contributed by atoms with van der Waals surface area (Å²) in [6.45, 7) is 11.1. The normalized spacial score (nSPS) is 21.2. The summed E-state index contributed by atoms with van der Waals surface area (Å²) < 4.78 is 40.7. The van der Waals surface area contributed by atoms with Crippen molar-refractivity contribution < 1.29 is 32.8 Å². The van der Waals surface area contributed by atoms with Crippen LogP contribution < -0.4 is 14.8 Å². The first-order valence-corrected chi connectivity index (χ1v) is 19.6. The molecule has 2 saturated heterocycles. The molecular weight excluding hydrogens is 712 g/mol. The lowest BCUT2D eigenvalue weighted by atomic mass is 9.80. The van der Waals surface area contributed by atoms with Gasteiger partial charge in [0, 0.05) is 25.0 Å². The van der Waals surface area contributed by atoms with Gasteiger partial charge in [-0.25, -0.2) is 4.67 Å². The molecule has 2 fully saturated rings. The van der Waals surface area contributed by atoms with E-state index in [1.54, 1.807) is 14.2 Å². The number of benzene rings is 3. The molecule has 0 radical (unpaired) electrons. The van der Waals surface area contributed by atoms with Gasteiger partial charge in [0.1, 0.15) is 29.4 Å². The van der Waals surface area contributed by atoms with Crippen molar-refractivity contribution in [1.82, 2.24) is 14.9 Å². The minimum absolute atomic E-state index is 0.109. The third-order valence-corrected chi connectivity index (χ3v) is 12.0. The van der Waals surface area contributed by atoms with E-state index in [4.69, 9.17) is 40.2 Å².